The third kappa shape index (κ3) is 3.74. The molecule has 0 aliphatic rings. The molecule has 0 unspecified atom stereocenters. The van der Waals surface area contributed by atoms with Crippen molar-refractivity contribution in [2.24, 2.45) is 5.92 Å². The topological polar surface area (TPSA) is 20.3 Å². The van der Waals surface area contributed by atoms with Crippen LogP contribution in [-0.2, 0) is 4.79 Å². The molecule has 0 bridgehead atoms. The minimum Gasteiger partial charge on any atom is -0.338 e. The van der Waals surface area contributed by atoms with Gasteiger partial charge in [-0.2, -0.15) is 0 Å². The smallest absolute Gasteiger partial charge is 0.223 e. The number of carbonyl (C=O) groups is 1. The Morgan fingerprint density at radius 3 is 1.92 bits per heavy atom. The number of hydrogen-bond donors (Lipinski definition) is 0. The van der Waals surface area contributed by atoms with E-state index in [4.69, 9.17) is 0 Å². The predicted molar refractivity (Wildman–Crippen MR) is 51.7 cm³/mol. The Hall–Kier alpha value is -0.530. The molecule has 0 rings (SSSR count). The van der Waals surface area contributed by atoms with Gasteiger partial charge in [-0.3, -0.25) is 4.79 Å². The summed E-state index contributed by atoms with van der Waals surface area (Å²) < 4.78 is 0. The predicted octanol–water partition coefficient (Wildman–Crippen LogP) is 2.10. The molecule has 0 fully saturated rings. The summed E-state index contributed by atoms with van der Waals surface area (Å²) in [4.78, 5) is 12.9. The Bertz CT molecular complexity index is 156. The van der Waals surface area contributed by atoms with Crippen LogP contribution in [0.5, 0.6) is 0 Å². The van der Waals surface area contributed by atoms with E-state index in [1.165, 1.54) is 0 Å². The van der Waals surface area contributed by atoms with Crippen LogP contribution in [0, 0.1) is 12.8 Å². The Kier molecular flexibility index (Phi) is 3.75. The Balaban J connectivity index is 4.35. The summed E-state index contributed by atoms with van der Waals surface area (Å²) in [6, 6.07) is 0. The highest BCUT2D eigenvalue weighted by Gasteiger charge is 2.23. The molecule has 0 aromatic heterocycles. The maximum Gasteiger partial charge on any atom is 0.223 e. The summed E-state index contributed by atoms with van der Waals surface area (Å²) in [5.74, 6) is 0.408. The molecule has 0 saturated carbocycles. The average molecular weight is 170 g/mol. The molecule has 2 heteroatoms. The van der Waals surface area contributed by atoms with E-state index in [-0.39, 0.29) is 11.4 Å². The molecule has 0 aromatic rings. The average Bonchev–Trinajstić information content (AvgIpc) is 1.79. The van der Waals surface area contributed by atoms with Crippen molar-refractivity contribution in [2.75, 3.05) is 6.54 Å². The molecule has 0 heterocycles. The van der Waals surface area contributed by atoms with Gasteiger partial charge in [-0.15, -0.1) is 0 Å². The molecule has 0 aliphatic heterocycles. The fourth-order valence-electron chi connectivity index (χ4n) is 1.11. The van der Waals surface area contributed by atoms with Gasteiger partial charge in [0.15, 0.2) is 0 Å². The highest BCUT2D eigenvalue weighted by molar-refractivity contribution is 5.80. The number of carbonyl (C=O) groups excluding carboxylic acids is 1. The van der Waals surface area contributed by atoms with Crippen LogP contribution in [0.1, 0.15) is 34.6 Å². The second-order valence-electron chi connectivity index (χ2n) is 4.57. The molecule has 1 amide bonds. The first-order chi connectivity index (χ1) is 5.25. The quantitative estimate of drug-likeness (QED) is 0.621. The van der Waals surface area contributed by atoms with Crippen LogP contribution >= 0.6 is 0 Å². The van der Waals surface area contributed by atoms with Gasteiger partial charge in [0.2, 0.25) is 5.91 Å². The van der Waals surface area contributed by atoms with E-state index < -0.39 is 0 Å². The lowest BCUT2D eigenvalue weighted by Crippen LogP contribution is -2.46. The van der Waals surface area contributed by atoms with Crippen LogP contribution in [0.25, 0.3) is 0 Å². The van der Waals surface area contributed by atoms with Crippen molar-refractivity contribution in [3.8, 4) is 0 Å². The van der Waals surface area contributed by atoms with Crippen molar-refractivity contribution in [1.82, 2.24) is 4.90 Å². The van der Waals surface area contributed by atoms with Crippen molar-refractivity contribution >= 4 is 5.91 Å². The minimum absolute atomic E-state index is 0.0869. The van der Waals surface area contributed by atoms with Crippen molar-refractivity contribution in [1.29, 1.82) is 0 Å². The Morgan fingerprint density at radius 1 is 1.42 bits per heavy atom. The molecule has 71 valence electrons. The highest BCUT2D eigenvalue weighted by atomic mass is 16.2. The number of rotatable bonds is 2. The molecule has 2 nitrogen and oxygen atoms in total. The summed E-state index contributed by atoms with van der Waals surface area (Å²) in [6.07, 6.45) is 0. The lowest BCUT2D eigenvalue weighted by Gasteiger charge is -2.36. The fraction of sp³-hybridized carbons (Fsp3) is 0.800. The van der Waals surface area contributed by atoms with E-state index in [1.807, 2.05) is 20.8 Å². The van der Waals surface area contributed by atoms with Gasteiger partial charge in [0.25, 0.3) is 0 Å². The van der Waals surface area contributed by atoms with Gasteiger partial charge in [-0.1, -0.05) is 13.8 Å². The standard InChI is InChI=1S/C10H20NO/c1-8(2)7-11(9(3)12)10(4,5)6/h8H,3,7H2,1-2,4-6H3. The van der Waals surface area contributed by atoms with Gasteiger partial charge in [-0.05, 0) is 26.7 Å². The molecule has 0 aromatic carbocycles. The van der Waals surface area contributed by atoms with E-state index in [0.29, 0.717) is 5.92 Å². The molecular formula is C10H20NO. The molecule has 1 radical (unpaired) electrons. The van der Waals surface area contributed by atoms with Gasteiger partial charge in [-0.25, -0.2) is 0 Å². The molecular weight excluding hydrogens is 150 g/mol. The third-order valence-electron chi connectivity index (χ3n) is 1.66. The van der Waals surface area contributed by atoms with Crippen LogP contribution in [0.4, 0.5) is 0 Å². The van der Waals surface area contributed by atoms with Crippen molar-refractivity contribution in [2.45, 2.75) is 40.2 Å². The van der Waals surface area contributed by atoms with Crippen LogP contribution < -0.4 is 0 Å². The Labute approximate surface area is 75.9 Å². The first-order valence-electron chi connectivity index (χ1n) is 4.38. The van der Waals surface area contributed by atoms with Crippen LogP contribution in [0.15, 0.2) is 0 Å². The van der Waals surface area contributed by atoms with Crippen molar-refractivity contribution in [3.63, 3.8) is 0 Å². The van der Waals surface area contributed by atoms with E-state index in [1.54, 1.807) is 4.90 Å². The zero-order valence-corrected chi connectivity index (χ0v) is 8.85. The SMILES string of the molecule is [CH2]C(=O)N(CC(C)C)C(C)(C)C. The van der Waals surface area contributed by atoms with E-state index in [0.717, 1.165) is 6.54 Å². The second kappa shape index (κ2) is 3.92. The summed E-state index contributed by atoms with van der Waals surface area (Å²) >= 11 is 0. The molecule has 0 N–H and O–H groups in total. The zero-order valence-electron chi connectivity index (χ0n) is 8.85. The molecule has 0 atom stereocenters. The summed E-state index contributed by atoms with van der Waals surface area (Å²) in [7, 11) is 0. The monoisotopic (exact) mass is 170 g/mol. The van der Waals surface area contributed by atoms with Gasteiger partial charge in [0, 0.05) is 19.0 Å². The van der Waals surface area contributed by atoms with Crippen molar-refractivity contribution in [3.05, 3.63) is 6.92 Å². The van der Waals surface area contributed by atoms with Gasteiger partial charge >= 0.3 is 0 Å². The molecule has 0 saturated heterocycles. The zero-order chi connectivity index (χ0) is 9.94. The lowest BCUT2D eigenvalue weighted by molar-refractivity contribution is -0.131. The molecule has 12 heavy (non-hydrogen) atoms. The number of amides is 1. The third-order valence-corrected chi connectivity index (χ3v) is 1.66. The van der Waals surface area contributed by atoms with Crippen LogP contribution in [0.3, 0.4) is 0 Å². The van der Waals surface area contributed by atoms with Crippen LogP contribution in [-0.4, -0.2) is 22.9 Å². The lowest BCUT2D eigenvalue weighted by atomic mass is 10.0. The molecule has 0 aliphatic carbocycles. The van der Waals surface area contributed by atoms with E-state index in [2.05, 4.69) is 20.8 Å². The van der Waals surface area contributed by atoms with Gasteiger partial charge < -0.3 is 4.90 Å². The summed E-state index contributed by atoms with van der Waals surface area (Å²) in [5, 5.41) is 0. The molecule has 0 spiro atoms. The van der Waals surface area contributed by atoms with E-state index in [9.17, 15) is 4.79 Å². The van der Waals surface area contributed by atoms with Gasteiger partial charge in [0.1, 0.15) is 0 Å². The van der Waals surface area contributed by atoms with Crippen LogP contribution in [0.2, 0.25) is 0 Å². The number of nitrogens with zero attached hydrogens (tertiary/aromatic N) is 1. The Morgan fingerprint density at radius 2 is 1.83 bits per heavy atom. The van der Waals surface area contributed by atoms with E-state index >= 15 is 0 Å². The normalized spacial score (nSPS) is 11.9. The van der Waals surface area contributed by atoms with Gasteiger partial charge in [0.05, 0.1) is 0 Å². The summed E-state index contributed by atoms with van der Waals surface area (Å²) in [5.41, 5.74) is -0.108. The minimum atomic E-state index is -0.108. The maximum atomic E-state index is 11.1. The fourth-order valence-corrected chi connectivity index (χ4v) is 1.11. The highest BCUT2D eigenvalue weighted by Crippen LogP contribution is 2.15. The van der Waals surface area contributed by atoms with Crippen molar-refractivity contribution < 1.29 is 4.79 Å². The number of hydrogen-bond acceptors (Lipinski definition) is 1. The summed E-state index contributed by atoms with van der Waals surface area (Å²) in [6.45, 7) is 14.5. The first-order valence-corrected chi connectivity index (χ1v) is 4.38. The first kappa shape index (κ1) is 11.5. The maximum absolute atomic E-state index is 11.1. The largest absolute Gasteiger partial charge is 0.338 e. The second-order valence-corrected chi connectivity index (χ2v) is 4.57.